The summed E-state index contributed by atoms with van der Waals surface area (Å²) in [5, 5.41) is 0. The molecule has 104 valence electrons. The van der Waals surface area contributed by atoms with Crippen LogP contribution in [0.4, 0.5) is 0 Å². The van der Waals surface area contributed by atoms with Crippen LogP contribution in [0.15, 0.2) is 18.2 Å². The zero-order valence-corrected chi connectivity index (χ0v) is 13.1. The molecule has 19 heavy (non-hydrogen) atoms. The van der Waals surface area contributed by atoms with Gasteiger partial charge in [-0.15, -0.1) is 11.6 Å². The predicted octanol–water partition coefficient (Wildman–Crippen LogP) is 4.10. The Hall–Kier alpha value is -0.870. The van der Waals surface area contributed by atoms with Gasteiger partial charge >= 0.3 is 0 Å². The van der Waals surface area contributed by atoms with Gasteiger partial charge in [0.1, 0.15) is 17.1 Å². The summed E-state index contributed by atoms with van der Waals surface area (Å²) in [5.74, 6) is 3.20. The molecule has 0 aliphatic heterocycles. The number of halogens is 1. The predicted molar refractivity (Wildman–Crippen MR) is 83.6 cm³/mol. The van der Waals surface area contributed by atoms with Crippen molar-refractivity contribution in [3.05, 3.63) is 24.0 Å². The average Bonchev–Trinajstić information content (AvgIpc) is 2.83. The molecule has 0 aliphatic rings. The maximum Gasteiger partial charge on any atom is 0.146 e. The molecule has 1 heterocycles. The summed E-state index contributed by atoms with van der Waals surface area (Å²) < 4.78 is 7.65. The molecule has 0 aliphatic carbocycles. The molecule has 0 saturated carbocycles. The molecule has 5 heteroatoms. The van der Waals surface area contributed by atoms with E-state index in [1.165, 1.54) is 0 Å². The molecule has 0 bridgehead atoms. The highest BCUT2D eigenvalue weighted by molar-refractivity contribution is 7.98. The van der Waals surface area contributed by atoms with Gasteiger partial charge in [0.25, 0.3) is 0 Å². The van der Waals surface area contributed by atoms with Gasteiger partial charge in [0.2, 0.25) is 0 Å². The van der Waals surface area contributed by atoms with Crippen LogP contribution in [-0.2, 0) is 5.88 Å². The van der Waals surface area contributed by atoms with E-state index in [1.54, 1.807) is 7.11 Å². The SMILES string of the molecule is CCC(CSC)n1c(CCl)nc2c(OC)cccc21. The number of rotatable bonds is 6. The lowest BCUT2D eigenvalue weighted by molar-refractivity contribution is 0.419. The first-order valence-electron chi connectivity index (χ1n) is 6.35. The van der Waals surface area contributed by atoms with Crippen LogP contribution in [0.25, 0.3) is 11.0 Å². The highest BCUT2D eigenvalue weighted by atomic mass is 35.5. The van der Waals surface area contributed by atoms with E-state index in [-0.39, 0.29) is 0 Å². The first-order chi connectivity index (χ1) is 9.26. The molecule has 1 unspecified atom stereocenters. The lowest BCUT2D eigenvalue weighted by Crippen LogP contribution is -2.13. The van der Waals surface area contributed by atoms with E-state index >= 15 is 0 Å². The first kappa shape index (κ1) is 14.5. The molecular formula is C14H19ClN2OS. The van der Waals surface area contributed by atoms with Crippen molar-refractivity contribution >= 4 is 34.4 Å². The van der Waals surface area contributed by atoms with E-state index in [4.69, 9.17) is 16.3 Å². The highest BCUT2D eigenvalue weighted by Crippen LogP contribution is 2.31. The number of methoxy groups -OCH3 is 1. The van der Waals surface area contributed by atoms with Crippen LogP contribution in [0, 0.1) is 0 Å². The Labute approximate surface area is 123 Å². The van der Waals surface area contributed by atoms with E-state index in [2.05, 4.69) is 28.8 Å². The molecule has 1 aromatic carbocycles. The van der Waals surface area contributed by atoms with E-state index in [0.717, 1.165) is 34.8 Å². The van der Waals surface area contributed by atoms with Gasteiger partial charge in [0, 0.05) is 11.8 Å². The molecule has 0 amide bonds. The quantitative estimate of drug-likeness (QED) is 0.751. The van der Waals surface area contributed by atoms with Gasteiger partial charge in [-0.2, -0.15) is 11.8 Å². The molecule has 0 fully saturated rings. The number of nitrogens with zero attached hydrogens (tertiary/aromatic N) is 2. The third-order valence-electron chi connectivity index (χ3n) is 3.29. The largest absolute Gasteiger partial charge is 0.494 e. The van der Waals surface area contributed by atoms with Crippen molar-refractivity contribution in [3.63, 3.8) is 0 Å². The van der Waals surface area contributed by atoms with E-state index in [9.17, 15) is 0 Å². The third-order valence-corrected chi connectivity index (χ3v) is 4.25. The average molecular weight is 299 g/mol. The highest BCUT2D eigenvalue weighted by Gasteiger charge is 2.18. The van der Waals surface area contributed by atoms with Gasteiger partial charge in [-0.05, 0) is 24.8 Å². The van der Waals surface area contributed by atoms with Gasteiger partial charge in [-0.3, -0.25) is 0 Å². The molecule has 3 nitrogen and oxygen atoms in total. The van der Waals surface area contributed by atoms with Crippen LogP contribution >= 0.6 is 23.4 Å². The van der Waals surface area contributed by atoms with Crippen LogP contribution in [0.5, 0.6) is 5.75 Å². The normalized spacial score (nSPS) is 12.8. The van der Waals surface area contributed by atoms with Crippen molar-refractivity contribution < 1.29 is 4.74 Å². The fraction of sp³-hybridized carbons (Fsp3) is 0.500. The second-order valence-corrected chi connectivity index (χ2v) is 5.56. The van der Waals surface area contributed by atoms with Gasteiger partial charge in [-0.25, -0.2) is 4.98 Å². The number of hydrogen-bond donors (Lipinski definition) is 0. The van der Waals surface area contributed by atoms with Crippen LogP contribution < -0.4 is 4.74 Å². The van der Waals surface area contributed by atoms with Crippen LogP contribution in [0.2, 0.25) is 0 Å². The minimum Gasteiger partial charge on any atom is -0.494 e. The second kappa shape index (κ2) is 6.53. The summed E-state index contributed by atoms with van der Waals surface area (Å²) in [6, 6.07) is 6.45. The monoisotopic (exact) mass is 298 g/mol. The fourth-order valence-corrected chi connectivity index (χ4v) is 3.33. The Morgan fingerprint density at radius 1 is 1.47 bits per heavy atom. The molecule has 0 radical (unpaired) electrons. The minimum atomic E-state index is 0.417. The van der Waals surface area contributed by atoms with E-state index in [1.807, 2.05) is 23.9 Å². The standard InChI is InChI=1S/C14H19ClN2OS/c1-4-10(9-19-3)17-11-6-5-7-12(18-2)14(11)16-13(17)8-15/h5-7,10H,4,8-9H2,1-3H3. The Morgan fingerprint density at radius 3 is 2.84 bits per heavy atom. The Morgan fingerprint density at radius 2 is 2.26 bits per heavy atom. The van der Waals surface area contributed by atoms with Crippen molar-refractivity contribution in [3.8, 4) is 5.75 Å². The van der Waals surface area contributed by atoms with Crippen LogP contribution in [0.3, 0.4) is 0 Å². The second-order valence-electron chi connectivity index (χ2n) is 4.38. The maximum atomic E-state index is 6.07. The summed E-state index contributed by atoms with van der Waals surface area (Å²) >= 11 is 7.92. The number of hydrogen-bond acceptors (Lipinski definition) is 3. The number of aromatic nitrogens is 2. The van der Waals surface area contributed by atoms with Crippen molar-refractivity contribution in [1.82, 2.24) is 9.55 Å². The number of alkyl halides is 1. The topological polar surface area (TPSA) is 27.1 Å². The summed E-state index contributed by atoms with van der Waals surface area (Å²) in [5.41, 5.74) is 2.01. The number of ether oxygens (including phenoxy) is 1. The molecular weight excluding hydrogens is 280 g/mol. The smallest absolute Gasteiger partial charge is 0.146 e. The number of para-hydroxylation sites is 1. The Balaban J connectivity index is 2.63. The Kier molecular flexibility index (Phi) is 4.99. The zero-order chi connectivity index (χ0) is 13.8. The van der Waals surface area contributed by atoms with Gasteiger partial charge in [0.05, 0.1) is 18.5 Å². The third kappa shape index (κ3) is 2.70. The first-order valence-corrected chi connectivity index (χ1v) is 8.28. The lowest BCUT2D eigenvalue weighted by atomic mass is 10.2. The summed E-state index contributed by atoms with van der Waals surface area (Å²) in [6.45, 7) is 2.20. The summed E-state index contributed by atoms with van der Waals surface area (Å²) in [6.07, 6.45) is 3.19. The number of thioether (sulfide) groups is 1. The maximum absolute atomic E-state index is 6.07. The molecule has 0 N–H and O–H groups in total. The van der Waals surface area contributed by atoms with Gasteiger partial charge < -0.3 is 9.30 Å². The van der Waals surface area contributed by atoms with Crippen molar-refractivity contribution in [1.29, 1.82) is 0 Å². The van der Waals surface area contributed by atoms with E-state index in [0.29, 0.717) is 11.9 Å². The molecule has 0 saturated heterocycles. The Bertz CT molecular complexity index is 556. The molecule has 2 rings (SSSR count). The number of fused-ring (bicyclic) bond motifs is 1. The van der Waals surface area contributed by atoms with Gasteiger partial charge in [-0.1, -0.05) is 13.0 Å². The molecule has 2 aromatic rings. The lowest BCUT2D eigenvalue weighted by Gasteiger charge is -2.19. The molecule has 1 aromatic heterocycles. The summed E-state index contributed by atoms with van der Waals surface area (Å²) in [7, 11) is 1.67. The van der Waals surface area contributed by atoms with E-state index < -0.39 is 0 Å². The van der Waals surface area contributed by atoms with Crippen LogP contribution in [-0.4, -0.2) is 28.7 Å². The van der Waals surface area contributed by atoms with Crippen molar-refractivity contribution in [2.45, 2.75) is 25.3 Å². The van der Waals surface area contributed by atoms with Gasteiger partial charge in [0.15, 0.2) is 0 Å². The minimum absolute atomic E-state index is 0.417. The number of benzene rings is 1. The van der Waals surface area contributed by atoms with Crippen molar-refractivity contribution in [2.75, 3.05) is 19.1 Å². The molecule has 1 atom stereocenters. The molecule has 0 spiro atoms. The zero-order valence-electron chi connectivity index (χ0n) is 11.5. The van der Waals surface area contributed by atoms with Crippen LogP contribution in [0.1, 0.15) is 25.2 Å². The van der Waals surface area contributed by atoms with Crippen molar-refractivity contribution in [2.24, 2.45) is 0 Å². The summed E-state index contributed by atoms with van der Waals surface area (Å²) in [4.78, 5) is 4.65. The fourth-order valence-electron chi connectivity index (χ4n) is 2.37. The number of imidazole rings is 1.